The van der Waals surface area contributed by atoms with Gasteiger partial charge in [0, 0.05) is 56.9 Å². The van der Waals surface area contributed by atoms with Crippen LogP contribution in [-0.4, -0.2) is 66.6 Å². The second kappa shape index (κ2) is 20.6. The topological polar surface area (TPSA) is 74.9 Å². The second-order valence-electron chi connectivity index (χ2n) is 11.7. The van der Waals surface area contributed by atoms with Gasteiger partial charge in [0.05, 0.1) is 13.2 Å². The third kappa shape index (κ3) is 12.4. The molecule has 0 spiro atoms. The van der Waals surface area contributed by atoms with Crippen LogP contribution in [0.2, 0.25) is 0 Å². The number of aromatic nitrogens is 1. The van der Waals surface area contributed by atoms with Crippen LogP contribution >= 0.6 is 0 Å². The molecular formula is C37H55N3O4. The number of aromatic amines is 1. The quantitative estimate of drug-likeness (QED) is 0.111. The molecule has 0 aliphatic heterocycles. The largest absolute Gasteiger partial charge is 0.494 e. The maximum atomic E-state index is 13.9. The predicted octanol–water partition coefficient (Wildman–Crippen LogP) is 7.92. The number of amides is 2. The number of carbonyl (C=O) groups excluding carboxylic acids is 2. The first-order chi connectivity index (χ1) is 21.5. The summed E-state index contributed by atoms with van der Waals surface area (Å²) in [7, 11) is 1.67. The van der Waals surface area contributed by atoms with Crippen LogP contribution in [0.4, 0.5) is 0 Å². The van der Waals surface area contributed by atoms with E-state index in [0.29, 0.717) is 45.7 Å². The number of hydrogen-bond donors (Lipinski definition) is 1. The number of H-pyrrole nitrogens is 1. The molecule has 0 aliphatic rings. The molecule has 242 valence electrons. The number of fused-ring (bicyclic) bond motifs is 1. The fraction of sp³-hybridized carbons (Fsp3) is 0.568. The predicted molar refractivity (Wildman–Crippen MR) is 180 cm³/mol. The average molecular weight is 606 g/mol. The molecule has 0 radical (unpaired) electrons. The van der Waals surface area contributed by atoms with Crippen molar-refractivity contribution >= 4 is 22.7 Å². The SMILES string of the molecule is CCCCCCCCCCCC(=O)N(CCCOC)CC(=O)N(CCc1c[nH]c2ccccc12)Cc1ccc(OCC)cc1. The smallest absolute Gasteiger partial charge is 0.242 e. The molecular weight excluding hydrogens is 550 g/mol. The summed E-state index contributed by atoms with van der Waals surface area (Å²) in [6.45, 7) is 7.04. The third-order valence-corrected chi connectivity index (χ3v) is 8.24. The summed E-state index contributed by atoms with van der Waals surface area (Å²) in [6.07, 6.45) is 14.8. The minimum Gasteiger partial charge on any atom is -0.494 e. The number of unbranched alkanes of at least 4 members (excludes halogenated alkanes) is 8. The number of carbonyl (C=O) groups is 2. The normalized spacial score (nSPS) is 11.2. The molecule has 0 atom stereocenters. The van der Waals surface area contributed by atoms with Crippen molar-refractivity contribution in [1.82, 2.24) is 14.8 Å². The van der Waals surface area contributed by atoms with E-state index in [2.05, 4.69) is 24.0 Å². The number of para-hydroxylation sites is 1. The Kier molecular flexibility index (Phi) is 16.5. The fourth-order valence-electron chi connectivity index (χ4n) is 5.66. The van der Waals surface area contributed by atoms with Gasteiger partial charge in [0.25, 0.3) is 0 Å². The van der Waals surface area contributed by atoms with E-state index in [0.717, 1.165) is 36.1 Å². The number of ether oxygens (including phenoxy) is 2. The average Bonchev–Trinajstić information content (AvgIpc) is 3.45. The molecule has 1 heterocycles. The van der Waals surface area contributed by atoms with Crippen molar-refractivity contribution in [2.75, 3.05) is 40.0 Å². The molecule has 0 fully saturated rings. The molecule has 7 heteroatoms. The highest BCUT2D eigenvalue weighted by Gasteiger charge is 2.22. The van der Waals surface area contributed by atoms with Gasteiger partial charge in [-0.05, 0) is 55.5 Å². The molecule has 1 aromatic heterocycles. The summed E-state index contributed by atoms with van der Waals surface area (Å²) < 4.78 is 10.9. The van der Waals surface area contributed by atoms with Crippen molar-refractivity contribution in [3.63, 3.8) is 0 Å². The molecule has 0 bridgehead atoms. The Bertz CT molecular complexity index is 1220. The second-order valence-corrected chi connectivity index (χ2v) is 11.7. The van der Waals surface area contributed by atoms with Gasteiger partial charge in [-0.2, -0.15) is 0 Å². The number of hydrogen-bond acceptors (Lipinski definition) is 4. The van der Waals surface area contributed by atoms with Gasteiger partial charge < -0.3 is 24.3 Å². The maximum Gasteiger partial charge on any atom is 0.242 e. The van der Waals surface area contributed by atoms with Crippen molar-refractivity contribution in [1.29, 1.82) is 0 Å². The molecule has 7 nitrogen and oxygen atoms in total. The highest BCUT2D eigenvalue weighted by Crippen LogP contribution is 2.20. The van der Waals surface area contributed by atoms with Crippen LogP contribution in [0.3, 0.4) is 0 Å². The Morgan fingerprint density at radius 1 is 0.773 bits per heavy atom. The van der Waals surface area contributed by atoms with Crippen molar-refractivity contribution in [2.45, 2.75) is 97.4 Å². The summed E-state index contributed by atoms with van der Waals surface area (Å²) >= 11 is 0. The lowest BCUT2D eigenvalue weighted by Gasteiger charge is -2.28. The van der Waals surface area contributed by atoms with Gasteiger partial charge in [-0.15, -0.1) is 0 Å². The zero-order chi connectivity index (χ0) is 31.4. The minimum atomic E-state index is -0.0310. The summed E-state index contributed by atoms with van der Waals surface area (Å²) in [5, 5.41) is 1.18. The zero-order valence-corrected chi connectivity index (χ0v) is 27.5. The van der Waals surface area contributed by atoms with Gasteiger partial charge in [0.15, 0.2) is 0 Å². The van der Waals surface area contributed by atoms with Gasteiger partial charge in [-0.3, -0.25) is 9.59 Å². The van der Waals surface area contributed by atoms with E-state index in [9.17, 15) is 9.59 Å². The van der Waals surface area contributed by atoms with Crippen LogP contribution in [0.1, 0.15) is 95.6 Å². The van der Waals surface area contributed by atoms with Crippen LogP contribution in [0.5, 0.6) is 5.75 Å². The lowest BCUT2D eigenvalue weighted by molar-refractivity contribution is -0.141. The van der Waals surface area contributed by atoms with E-state index in [1.165, 1.54) is 55.9 Å². The Morgan fingerprint density at radius 2 is 1.48 bits per heavy atom. The highest BCUT2D eigenvalue weighted by molar-refractivity contribution is 5.85. The van der Waals surface area contributed by atoms with Crippen molar-refractivity contribution in [2.24, 2.45) is 0 Å². The van der Waals surface area contributed by atoms with Crippen molar-refractivity contribution < 1.29 is 19.1 Å². The molecule has 44 heavy (non-hydrogen) atoms. The van der Waals surface area contributed by atoms with Crippen LogP contribution in [0, 0.1) is 0 Å². The summed E-state index contributed by atoms with van der Waals surface area (Å²) in [5.74, 6) is 0.853. The molecule has 0 saturated carbocycles. The first-order valence-electron chi connectivity index (χ1n) is 16.9. The monoisotopic (exact) mass is 605 g/mol. The van der Waals surface area contributed by atoms with E-state index >= 15 is 0 Å². The first kappa shape index (κ1) is 35.2. The number of nitrogens with one attached hydrogen (secondary N) is 1. The fourth-order valence-corrected chi connectivity index (χ4v) is 5.66. The Balaban J connectivity index is 1.63. The van der Waals surface area contributed by atoms with Crippen molar-refractivity contribution in [3.8, 4) is 5.75 Å². The van der Waals surface area contributed by atoms with Gasteiger partial charge in [-0.1, -0.05) is 88.6 Å². The summed E-state index contributed by atoms with van der Waals surface area (Å²) in [5.41, 5.74) is 3.31. The van der Waals surface area contributed by atoms with Crippen LogP contribution in [-0.2, 0) is 27.3 Å². The third-order valence-electron chi connectivity index (χ3n) is 8.24. The molecule has 2 amide bonds. The molecule has 0 saturated heterocycles. The highest BCUT2D eigenvalue weighted by atomic mass is 16.5. The zero-order valence-electron chi connectivity index (χ0n) is 27.5. The van der Waals surface area contributed by atoms with Gasteiger partial charge in [0.1, 0.15) is 5.75 Å². The number of rotatable bonds is 23. The molecule has 3 rings (SSSR count). The van der Waals surface area contributed by atoms with Gasteiger partial charge in [-0.25, -0.2) is 0 Å². The van der Waals surface area contributed by atoms with E-state index in [-0.39, 0.29) is 18.4 Å². The molecule has 3 aromatic rings. The Labute approximate surface area is 265 Å². The van der Waals surface area contributed by atoms with Crippen molar-refractivity contribution in [3.05, 3.63) is 65.9 Å². The summed E-state index contributed by atoms with van der Waals surface area (Å²) in [4.78, 5) is 34.2. The first-order valence-corrected chi connectivity index (χ1v) is 16.9. The lowest BCUT2D eigenvalue weighted by atomic mass is 10.1. The summed E-state index contributed by atoms with van der Waals surface area (Å²) in [6, 6.07) is 16.2. The maximum absolute atomic E-state index is 13.9. The molecule has 0 unspecified atom stereocenters. The van der Waals surface area contributed by atoms with Crippen LogP contribution in [0.15, 0.2) is 54.7 Å². The minimum absolute atomic E-state index is 0.0310. The lowest BCUT2D eigenvalue weighted by Crippen LogP contribution is -2.44. The molecule has 2 aromatic carbocycles. The van der Waals surface area contributed by atoms with E-state index in [1.54, 1.807) is 12.0 Å². The number of methoxy groups -OCH3 is 1. The van der Waals surface area contributed by atoms with Crippen LogP contribution in [0.25, 0.3) is 10.9 Å². The van der Waals surface area contributed by atoms with E-state index in [4.69, 9.17) is 9.47 Å². The Morgan fingerprint density at radius 3 is 2.18 bits per heavy atom. The number of benzene rings is 2. The van der Waals surface area contributed by atoms with Gasteiger partial charge in [0.2, 0.25) is 11.8 Å². The standard InChI is InChI=1S/C37H55N3O4/c1-4-6-7-8-9-10-11-12-13-19-36(41)39(25-16-27-43-3)30-37(42)40(29-31-20-22-33(23-21-31)44-5-2)26-24-32-28-38-35-18-15-14-17-34(32)35/h14-15,17-18,20-23,28,38H,4-13,16,19,24-27,29-30H2,1-3H3. The molecule has 0 aliphatic carbocycles. The Hall–Kier alpha value is -3.32. The van der Waals surface area contributed by atoms with Crippen LogP contribution < -0.4 is 4.74 Å². The molecule has 1 N–H and O–H groups in total. The van der Waals surface area contributed by atoms with E-state index in [1.807, 2.05) is 54.4 Å². The number of nitrogens with zero attached hydrogens (tertiary/aromatic N) is 2. The van der Waals surface area contributed by atoms with E-state index < -0.39 is 0 Å². The van der Waals surface area contributed by atoms with Gasteiger partial charge >= 0.3 is 0 Å².